The van der Waals surface area contributed by atoms with Gasteiger partial charge in [0.25, 0.3) is 0 Å². The minimum Gasteiger partial charge on any atom is -0.381 e. The monoisotopic (exact) mass is 468 g/mol. The molecule has 1 saturated carbocycles. The van der Waals surface area contributed by atoms with Crippen LogP contribution in [-0.4, -0.2) is 37.8 Å². The molecule has 6 nitrogen and oxygen atoms in total. The fourth-order valence-electron chi connectivity index (χ4n) is 3.84. The highest BCUT2D eigenvalue weighted by Crippen LogP contribution is 2.38. The molecule has 2 fully saturated rings. The van der Waals surface area contributed by atoms with E-state index in [1.807, 2.05) is 6.92 Å². The Bertz CT molecular complexity index is 1030. The maximum Gasteiger partial charge on any atom is 0.233 e. The Morgan fingerprint density at radius 1 is 1.30 bits per heavy atom. The Morgan fingerprint density at radius 3 is 2.63 bits per heavy atom. The SMILES string of the molecule is Cc1cnc(NC(=O)C(CC2CCOCC2)c2ccc(S(=O)(=O)C3CC3)c(Cl)c2)s1. The zero-order valence-corrected chi connectivity index (χ0v) is 19.2. The second-order valence-electron chi connectivity index (χ2n) is 8.04. The summed E-state index contributed by atoms with van der Waals surface area (Å²) in [5, 5.41) is 3.35. The average Bonchev–Trinajstić information content (AvgIpc) is 3.50. The van der Waals surface area contributed by atoms with E-state index >= 15 is 0 Å². The third-order valence-electron chi connectivity index (χ3n) is 5.71. The molecule has 1 aromatic heterocycles. The summed E-state index contributed by atoms with van der Waals surface area (Å²) >= 11 is 7.83. The summed E-state index contributed by atoms with van der Waals surface area (Å²) in [5.74, 6) is -0.224. The van der Waals surface area contributed by atoms with Crippen molar-refractivity contribution in [3.63, 3.8) is 0 Å². The lowest BCUT2D eigenvalue weighted by Gasteiger charge is -2.26. The minimum absolute atomic E-state index is 0.148. The molecule has 1 saturated heterocycles. The number of thiazole rings is 1. The van der Waals surface area contributed by atoms with Crippen LogP contribution in [0.4, 0.5) is 5.13 Å². The number of carbonyl (C=O) groups is 1. The van der Waals surface area contributed by atoms with Gasteiger partial charge in [-0.25, -0.2) is 13.4 Å². The first-order chi connectivity index (χ1) is 14.3. The van der Waals surface area contributed by atoms with Gasteiger partial charge in [-0.2, -0.15) is 0 Å². The Hall–Kier alpha value is -1.48. The van der Waals surface area contributed by atoms with Crippen molar-refractivity contribution in [3.8, 4) is 0 Å². The number of nitrogens with zero attached hydrogens (tertiary/aromatic N) is 1. The standard InChI is InChI=1S/C21H25ClN2O4S2/c1-13-12-23-21(29-13)24-20(25)17(10-14-6-8-28-9-7-14)15-2-5-19(18(22)11-15)30(26,27)16-3-4-16/h2,5,11-12,14,16-17H,3-4,6-10H2,1H3,(H,23,24,25). The van der Waals surface area contributed by atoms with Gasteiger partial charge < -0.3 is 10.1 Å². The number of aryl methyl sites for hydroxylation is 1. The van der Waals surface area contributed by atoms with Crippen LogP contribution in [0.5, 0.6) is 0 Å². The fourth-order valence-corrected chi connectivity index (χ4v) is 6.72. The first-order valence-electron chi connectivity index (χ1n) is 10.2. The van der Waals surface area contributed by atoms with Gasteiger partial charge in [0, 0.05) is 24.3 Å². The quantitative estimate of drug-likeness (QED) is 0.642. The molecule has 2 aromatic rings. The van der Waals surface area contributed by atoms with Crippen LogP contribution in [0.2, 0.25) is 5.02 Å². The normalized spacial score (nSPS) is 18.9. The number of halogens is 1. The maximum absolute atomic E-state index is 13.2. The van der Waals surface area contributed by atoms with Crippen LogP contribution in [0.25, 0.3) is 0 Å². The van der Waals surface area contributed by atoms with Crippen molar-refractivity contribution in [3.05, 3.63) is 39.9 Å². The van der Waals surface area contributed by atoms with Crippen LogP contribution in [-0.2, 0) is 19.4 Å². The van der Waals surface area contributed by atoms with Gasteiger partial charge in [0.15, 0.2) is 15.0 Å². The van der Waals surface area contributed by atoms with Gasteiger partial charge in [0.2, 0.25) is 5.91 Å². The van der Waals surface area contributed by atoms with Gasteiger partial charge >= 0.3 is 0 Å². The molecule has 1 unspecified atom stereocenters. The van der Waals surface area contributed by atoms with Crippen LogP contribution in [0, 0.1) is 12.8 Å². The molecule has 1 aliphatic carbocycles. The number of hydrogen-bond donors (Lipinski definition) is 1. The molecule has 30 heavy (non-hydrogen) atoms. The van der Waals surface area contributed by atoms with E-state index in [-0.39, 0.29) is 21.1 Å². The first kappa shape index (κ1) is 21.7. The van der Waals surface area contributed by atoms with Crippen molar-refractivity contribution in [1.29, 1.82) is 0 Å². The summed E-state index contributed by atoms with van der Waals surface area (Å²) in [6.07, 6.45) is 5.56. The average molecular weight is 469 g/mol. The second-order valence-corrected chi connectivity index (χ2v) is 11.9. The van der Waals surface area contributed by atoms with E-state index in [1.165, 1.54) is 11.3 Å². The smallest absolute Gasteiger partial charge is 0.233 e. The van der Waals surface area contributed by atoms with Crippen LogP contribution in [0.15, 0.2) is 29.3 Å². The summed E-state index contributed by atoms with van der Waals surface area (Å²) < 4.78 is 30.7. The number of hydrogen-bond acceptors (Lipinski definition) is 6. The molecule has 1 N–H and O–H groups in total. The van der Waals surface area contributed by atoms with E-state index in [1.54, 1.807) is 24.4 Å². The van der Waals surface area contributed by atoms with Gasteiger partial charge in [-0.05, 0) is 62.6 Å². The van der Waals surface area contributed by atoms with Crippen LogP contribution < -0.4 is 5.32 Å². The molecule has 0 bridgehead atoms. The van der Waals surface area contributed by atoms with Gasteiger partial charge in [0.05, 0.1) is 21.1 Å². The molecule has 0 spiro atoms. The van der Waals surface area contributed by atoms with Crippen LogP contribution >= 0.6 is 22.9 Å². The summed E-state index contributed by atoms with van der Waals surface area (Å²) in [6, 6.07) is 4.94. The molecule has 1 atom stereocenters. The molecule has 2 aliphatic rings. The summed E-state index contributed by atoms with van der Waals surface area (Å²) in [5.41, 5.74) is 0.729. The van der Waals surface area contributed by atoms with Crippen molar-refractivity contribution in [2.24, 2.45) is 5.92 Å². The third-order valence-corrected chi connectivity index (χ3v) is 9.28. The summed E-state index contributed by atoms with van der Waals surface area (Å²) in [6.45, 7) is 3.33. The van der Waals surface area contributed by atoms with E-state index in [0.717, 1.165) is 23.3 Å². The summed E-state index contributed by atoms with van der Waals surface area (Å²) in [7, 11) is -3.39. The number of carbonyl (C=O) groups excluding carboxylic acids is 1. The Labute approximate surface area is 185 Å². The number of ether oxygens (including phenoxy) is 1. The predicted molar refractivity (Wildman–Crippen MR) is 118 cm³/mol. The highest BCUT2D eigenvalue weighted by atomic mass is 35.5. The zero-order valence-electron chi connectivity index (χ0n) is 16.8. The molecule has 1 aromatic carbocycles. The second kappa shape index (κ2) is 8.94. The van der Waals surface area contributed by atoms with Gasteiger partial charge in [-0.1, -0.05) is 17.7 Å². The van der Waals surface area contributed by atoms with E-state index in [4.69, 9.17) is 16.3 Å². The van der Waals surface area contributed by atoms with Crippen molar-refractivity contribution in [2.75, 3.05) is 18.5 Å². The van der Waals surface area contributed by atoms with Crippen molar-refractivity contribution < 1.29 is 17.9 Å². The lowest BCUT2D eigenvalue weighted by Crippen LogP contribution is -2.26. The van der Waals surface area contributed by atoms with Gasteiger partial charge in [-0.3, -0.25) is 4.79 Å². The third kappa shape index (κ3) is 4.88. The number of benzene rings is 1. The maximum atomic E-state index is 13.2. The molecule has 2 heterocycles. The minimum atomic E-state index is -3.39. The van der Waals surface area contributed by atoms with E-state index in [2.05, 4.69) is 10.3 Å². The zero-order chi connectivity index (χ0) is 21.3. The number of nitrogens with one attached hydrogen (secondary N) is 1. The van der Waals surface area contributed by atoms with Gasteiger partial charge in [-0.15, -0.1) is 11.3 Å². The molecule has 1 amide bonds. The first-order valence-corrected chi connectivity index (χ1v) is 12.9. The fraction of sp³-hybridized carbons (Fsp3) is 0.524. The van der Waals surface area contributed by atoms with Crippen LogP contribution in [0.3, 0.4) is 0 Å². The van der Waals surface area contributed by atoms with Crippen LogP contribution in [0.1, 0.15) is 48.5 Å². The number of anilines is 1. The number of aromatic nitrogens is 1. The van der Waals surface area contributed by atoms with E-state index in [0.29, 0.717) is 43.5 Å². The topological polar surface area (TPSA) is 85.4 Å². The van der Waals surface area contributed by atoms with Crippen molar-refractivity contribution >= 4 is 43.8 Å². The largest absolute Gasteiger partial charge is 0.381 e. The van der Waals surface area contributed by atoms with E-state index < -0.39 is 15.8 Å². The van der Waals surface area contributed by atoms with Gasteiger partial charge in [0.1, 0.15) is 0 Å². The van der Waals surface area contributed by atoms with Crippen molar-refractivity contribution in [2.45, 2.75) is 55.1 Å². The Kier molecular flexibility index (Phi) is 6.48. The van der Waals surface area contributed by atoms with Crippen molar-refractivity contribution in [1.82, 2.24) is 4.98 Å². The number of amides is 1. The Balaban J connectivity index is 1.60. The lowest BCUT2D eigenvalue weighted by molar-refractivity contribution is -0.118. The molecule has 162 valence electrons. The highest BCUT2D eigenvalue weighted by Gasteiger charge is 2.38. The molecule has 4 rings (SSSR count). The molecule has 0 radical (unpaired) electrons. The number of sulfone groups is 1. The lowest BCUT2D eigenvalue weighted by atomic mass is 9.84. The molecular weight excluding hydrogens is 444 g/mol. The molecule has 9 heteroatoms. The highest BCUT2D eigenvalue weighted by molar-refractivity contribution is 7.92. The predicted octanol–water partition coefficient (Wildman–Crippen LogP) is 4.58. The summed E-state index contributed by atoms with van der Waals surface area (Å²) in [4.78, 5) is 18.6. The Morgan fingerprint density at radius 2 is 2.03 bits per heavy atom. The molecule has 1 aliphatic heterocycles. The molecular formula is C21H25ClN2O4S2. The van der Waals surface area contributed by atoms with E-state index in [9.17, 15) is 13.2 Å². The number of rotatable bonds is 7.